The smallest absolute Gasteiger partial charge is 0.303 e. The van der Waals surface area contributed by atoms with Gasteiger partial charge in [0, 0.05) is 19.3 Å². The van der Waals surface area contributed by atoms with Crippen LogP contribution in [0.15, 0.2) is 24.3 Å². The van der Waals surface area contributed by atoms with Gasteiger partial charge in [-0.2, -0.15) is 0 Å². The van der Waals surface area contributed by atoms with Crippen LogP contribution < -0.4 is 10.1 Å². The number of amides is 1. The van der Waals surface area contributed by atoms with E-state index in [1.807, 2.05) is 19.1 Å². The summed E-state index contributed by atoms with van der Waals surface area (Å²) >= 11 is 0. The molecule has 0 aromatic heterocycles. The van der Waals surface area contributed by atoms with Gasteiger partial charge in [-0.15, -0.1) is 0 Å². The third-order valence-electron chi connectivity index (χ3n) is 5.83. The van der Waals surface area contributed by atoms with Crippen molar-refractivity contribution in [1.82, 2.24) is 0 Å². The Bertz CT molecular complexity index is 721. The van der Waals surface area contributed by atoms with Gasteiger partial charge in [-0.05, 0) is 30.9 Å². The van der Waals surface area contributed by atoms with E-state index in [0.29, 0.717) is 30.9 Å². The number of carbonyl (C=O) groups excluding carboxylic acids is 1. The first-order valence-corrected chi connectivity index (χ1v) is 12.8. The van der Waals surface area contributed by atoms with E-state index in [1.54, 1.807) is 12.1 Å². The molecule has 1 unspecified atom stereocenters. The van der Waals surface area contributed by atoms with Crippen LogP contribution in [0, 0.1) is 5.92 Å². The van der Waals surface area contributed by atoms with Crippen LogP contribution in [0.25, 0.3) is 0 Å². The molecular weight excluding hydrogens is 434 g/mol. The van der Waals surface area contributed by atoms with E-state index in [9.17, 15) is 14.4 Å². The molecule has 0 saturated carbocycles. The first kappa shape index (κ1) is 29.5. The Morgan fingerprint density at radius 3 is 2.00 bits per heavy atom. The van der Waals surface area contributed by atoms with Gasteiger partial charge in [0.2, 0.25) is 5.91 Å². The van der Waals surface area contributed by atoms with E-state index in [0.717, 1.165) is 32.1 Å². The van der Waals surface area contributed by atoms with Crippen LogP contribution >= 0.6 is 0 Å². The molecule has 1 rings (SSSR count). The van der Waals surface area contributed by atoms with Gasteiger partial charge in [0.15, 0.2) is 0 Å². The maximum atomic E-state index is 12.3. The molecule has 0 spiro atoms. The molecule has 7 heteroatoms. The Morgan fingerprint density at radius 1 is 0.794 bits per heavy atom. The summed E-state index contributed by atoms with van der Waals surface area (Å²) in [7, 11) is 0. The van der Waals surface area contributed by atoms with Crippen LogP contribution in [0.5, 0.6) is 5.75 Å². The lowest BCUT2D eigenvalue weighted by molar-refractivity contribution is -0.138. The van der Waals surface area contributed by atoms with E-state index < -0.39 is 11.9 Å². The standard InChI is InChI=1S/C27H43NO6/c1-22(21-27(32)33)15-10-8-6-4-2-3-5-7-9-11-18-25(29)28-23-16-12-13-17-24(23)34-20-14-19-26(30)31/h12-13,16-17,22H,2-11,14-15,18-21H2,1H3,(H,28,29)(H,30,31)(H,32,33). The fourth-order valence-corrected chi connectivity index (χ4v) is 3.91. The Labute approximate surface area is 204 Å². The summed E-state index contributed by atoms with van der Waals surface area (Å²) in [6.45, 7) is 2.31. The van der Waals surface area contributed by atoms with Gasteiger partial charge >= 0.3 is 11.9 Å². The van der Waals surface area contributed by atoms with Crippen molar-refractivity contribution >= 4 is 23.5 Å². The zero-order valence-electron chi connectivity index (χ0n) is 20.7. The van der Waals surface area contributed by atoms with Crippen molar-refractivity contribution < 1.29 is 29.3 Å². The first-order chi connectivity index (χ1) is 16.4. The monoisotopic (exact) mass is 477 g/mol. The van der Waals surface area contributed by atoms with Crippen molar-refractivity contribution in [3.63, 3.8) is 0 Å². The average molecular weight is 478 g/mol. The van der Waals surface area contributed by atoms with Gasteiger partial charge < -0.3 is 20.3 Å². The highest BCUT2D eigenvalue weighted by molar-refractivity contribution is 5.92. The predicted molar refractivity (Wildman–Crippen MR) is 134 cm³/mol. The summed E-state index contributed by atoms with van der Waals surface area (Å²) < 4.78 is 5.62. The highest BCUT2D eigenvalue weighted by Gasteiger charge is 2.08. The number of benzene rings is 1. The topological polar surface area (TPSA) is 113 Å². The maximum absolute atomic E-state index is 12.3. The molecule has 1 aromatic rings. The summed E-state index contributed by atoms with van der Waals surface area (Å²) in [6, 6.07) is 7.22. The van der Waals surface area contributed by atoms with Gasteiger partial charge in [0.1, 0.15) is 5.75 Å². The van der Waals surface area contributed by atoms with E-state index in [1.165, 1.54) is 38.5 Å². The molecule has 34 heavy (non-hydrogen) atoms. The van der Waals surface area contributed by atoms with Crippen molar-refractivity contribution in [1.29, 1.82) is 0 Å². The van der Waals surface area contributed by atoms with E-state index in [2.05, 4.69) is 5.32 Å². The number of aliphatic carboxylic acids is 2. The summed E-state index contributed by atoms with van der Waals surface area (Å²) in [5.74, 6) is -0.732. The van der Waals surface area contributed by atoms with Gasteiger partial charge in [-0.25, -0.2) is 0 Å². The van der Waals surface area contributed by atoms with Crippen molar-refractivity contribution in [3.05, 3.63) is 24.3 Å². The minimum Gasteiger partial charge on any atom is -0.491 e. The van der Waals surface area contributed by atoms with Crippen LogP contribution in [0.4, 0.5) is 5.69 Å². The second-order valence-corrected chi connectivity index (χ2v) is 9.17. The average Bonchev–Trinajstić information content (AvgIpc) is 2.77. The SMILES string of the molecule is CC(CCCCCCCCCCCCC(=O)Nc1ccccc1OCCCC(=O)O)CC(=O)O. The molecule has 0 heterocycles. The lowest BCUT2D eigenvalue weighted by Crippen LogP contribution is -2.12. The summed E-state index contributed by atoms with van der Waals surface area (Å²) in [4.78, 5) is 33.5. The number of nitrogens with one attached hydrogen (secondary N) is 1. The quantitative estimate of drug-likeness (QED) is 0.171. The number of rotatable bonds is 21. The summed E-state index contributed by atoms with van der Waals surface area (Å²) in [5.41, 5.74) is 0.624. The van der Waals surface area contributed by atoms with Crippen molar-refractivity contribution in [2.24, 2.45) is 5.92 Å². The highest BCUT2D eigenvalue weighted by Crippen LogP contribution is 2.24. The Morgan fingerprint density at radius 2 is 1.38 bits per heavy atom. The fourth-order valence-electron chi connectivity index (χ4n) is 3.91. The number of ether oxygens (including phenoxy) is 1. The molecule has 0 aliphatic carbocycles. The van der Waals surface area contributed by atoms with Crippen molar-refractivity contribution in [2.75, 3.05) is 11.9 Å². The van der Waals surface area contributed by atoms with E-state index in [4.69, 9.17) is 14.9 Å². The zero-order valence-corrected chi connectivity index (χ0v) is 20.7. The van der Waals surface area contributed by atoms with Crippen LogP contribution in [0.1, 0.15) is 103 Å². The van der Waals surface area contributed by atoms with Gasteiger partial charge in [0.05, 0.1) is 12.3 Å². The molecule has 0 aliphatic rings. The Kier molecular flexibility index (Phi) is 16.3. The largest absolute Gasteiger partial charge is 0.491 e. The number of carboxylic acids is 2. The molecule has 0 radical (unpaired) electrons. The maximum Gasteiger partial charge on any atom is 0.303 e. The Balaban J connectivity index is 2.02. The fraction of sp³-hybridized carbons (Fsp3) is 0.667. The summed E-state index contributed by atoms with van der Waals surface area (Å²) in [5, 5.41) is 20.4. The van der Waals surface area contributed by atoms with E-state index >= 15 is 0 Å². The number of anilines is 1. The molecule has 1 aromatic carbocycles. The minimum absolute atomic E-state index is 0.0285. The first-order valence-electron chi connectivity index (χ1n) is 12.8. The molecule has 192 valence electrons. The Hall–Kier alpha value is -2.57. The normalized spacial score (nSPS) is 11.7. The van der Waals surface area contributed by atoms with Crippen LogP contribution in [-0.4, -0.2) is 34.7 Å². The lowest BCUT2D eigenvalue weighted by Gasteiger charge is -2.12. The number of para-hydroxylation sites is 2. The third-order valence-corrected chi connectivity index (χ3v) is 5.83. The molecule has 1 atom stereocenters. The van der Waals surface area contributed by atoms with Crippen molar-refractivity contribution in [3.8, 4) is 5.75 Å². The molecule has 7 nitrogen and oxygen atoms in total. The molecule has 3 N–H and O–H groups in total. The molecule has 1 amide bonds. The number of hydrogen-bond acceptors (Lipinski definition) is 4. The molecule has 0 fully saturated rings. The van der Waals surface area contributed by atoms with Crippen LogP contribution in [0.3, 0.4) is 0 Å². The number of unbranched alkanes of at least 4 members (excludes halogenated alkanes) is 9. The van der Waals surface area contributed by atoms with Gasteiger partial charge in [0.25, 0.3) is 0 Å². The van der Waals surface area contributed by atoms with Crippen LogP contribution in [0.2, 0.25) is 0 Å². The number of carbonyl (C=O) groups is 3. The predicted octanol–water partition coefficient (Wildman–Crippen LogP) is 6.66. The molecule has 0 saturated heterocycles. The highest BCUT2D eigenvalue weighted by atomic mass is 16.5. The number of hydrogen-bond donors (Lipinski definition) is 3. The number of carboxylic acid groups (broad SMARTS) is 2. The van der Waals surface area contributed by atoms with Gasteiger partial charge in [-0.3, -0.25) is 14.4 Å². The third kappa shape index (κ3) is 16.1. The summed E-state index contributed by atoms with van der Waals surface area (Å²) in [6.07, 6.45) is 13.8. The van der Waals surface area contributed by atoms with Gasteiger partial charge in [-0.1, -0.05) is 83.3 Å². The lowest BCUT2D eigenvalue weighted by atomic mass is 9.99. The van der Waals surface area contributed by atoms with Crippen LogP contribution in [-0.2, 0) is 14.4 Å². The second-order valence-electron chi connectivity index (χ2n) is 9.17. The molecular formula is C27H43NO6. The van der Waals surface area contributed by atoms with E-state index in [-0.39, 0.29) is 24.7 Å². The molecule has 0 bridgehead atoms. The minimum atomic E-state index is -0.846. The van der Waals surface area contributed by atoms with Crippen molar-refractivity contribution in [2.45, 2.75) is 103 Å². The molecule has 0 aliphatic heterocycles. The second kappa shape index (κ2) is 18.8. The zero-order chi connectivity index (χ0) is 25.0.